The van der Waals surface area contributed by atoms with Crippen LogP contribution >= 0.6 is 15.9 Å². The third-order valence-corrected chi connectivity index (χ3v) is 2.69. The van der Waals surface area contributed by atoms with E-state index in [0.29, 0.717) is 6.10 Å². The first-order chi connectivity index (χ1) is 6.24. The molecule has 1 rings (SSSR count). The van der Waals surface area contributed by atoms with E-state index < -0.39 is 0 Å². The molecule has 72 valence electrons. The quantitative estimate of drug-likeness (QED) is 0.787. The van der Waals surface area contributed by atoms with Crippen molar-refractivity contribution in [3.63, 3.8) is 0 Å². The van der Waals surface area contributed by atoms with Crippen molar-refractivity contribution in [3.8, 4) is 0 Å². The first-order valence-electron chi connectivity index (χ1n) is 4.59. The molecule has 13 heavy (non-hydrogen) atoms. The molecule has 0 fully saturated rings. The molecule has 1 unspecified atom stereocenters. The molecule has 1 aromatic carbocycles. The largest absolute Gasteiger partial charge is 0.378 e. The van der Waals surface area contributed by atoms with Gasteiger partial charge in [0.1, 0.15) is 0 Å². The van der Waals surface area contributed by atoms with Crippen molar-refractivity contribution in [2.45, 2.75) is 26.4 Å². The van der Waals surface area contributed by atoms with E-state index in [9.17, 15) is 0 Å². The summed E-state index contributed by atoms with van der Waals surface area (Å²) in [7, 11) is 0. The highest BCUT2D eigenvalue weighted by Gasteiger charge is 2.04. The van der Waals surface area contributed by atoms with Gasteiger partial charge in [0.2, 0.25) is 0 Å². The van der Waals surface area contributed by atoms with E-state index in [-0.39, 0.29) is 0 Å². The number of hydrogen-bond donors (Lipinski definition) is 0. The zero-order valence-electron chi connectivity index (χ0n) is 8.09. The van der Waals surface area contributed by atoms with Crippen molar-refractivity contribution in [3.05, 3.63) is 34.3 Å². The van der Waals surface area contributed by atoms with E-state index in [1.807, 2.05) is 13.0 Å². The number of benzene rings is 1. The van der Waals surface area contributed by atoms with E-state index in [2.05, 4.69) is 41.1 Å². The molecular formula is C11H15BrO. The number of hydrogen-bond acceptors (Lipinski definition) is 1. The summed E-state index contributed by atoms with van der Waals surface area (Å²) in [5.41, 5.74) is 1.31. The maximum absolute atomic E-state index is 5.48. The van der Waals surface area contributed by atoms with E-state index in [4.69, 9.17) is 4.74 Å². The Morgan fingerprint density at radius 3 is 2.69 bits per heavy atom. The number of ether oxygens (including phenoxy) is 1. The van der Waals surface area contributed by atoms with Crippen LogP contribution in [-0.4, -0.2) is 12.7 Å². The van der Waals surface area contributed by atoms with Crippen molar-refractivity contribution in [2.24, 2.45) is 0 Å². The molecule has 1 atom stereocenters. The van der Waals surface area contributed by atoms with Crippen molar-refractivity contribution in [1.82, 2.24) is 0 Å². The summed E-state index contributed by atoms with van der Waals surface area (Å²) >= 11 is 3.52. The number of rotatable bonds is 4. The second-order valence-corrected chi connectivity index (χ2v) is 3.92. The van der Waals surface area contributed by atoms with Crippen LogP contribution in [0.3, 0.4) is 0 Å². The van der Waals surface area contributed by atoms with Crippen molar-refractivity contribution < 1.29 is 4.74 Å². The Morgan fingerprint density at radius 2 is 2.08 bits per heavy atom. The lowest BCUT2D eigenvalue weighted by Crippen LogP contribution is -2.11. The summed E-state index contributed by atoms with van der Waals surface area (Å²) < 4.78 is 6.65. The standard InChI is InChI=1S/C11H15BrO/c1-3-13-9(2)8-10-6-4-5-7-11(10)12/h4-7,9H,3,8H2,1-2H3. The third-order valence-electron chi connectivity index (χ3n) is 1.92. The van der Waals surface area contributed by atoms with Crippen LogP contribution in [-0.2, 0) is 11.2 Å². The highest BCUT2D eigenvalue weighted by molar-refractivity contribution is 9.10. The van der Waals surface area contributed by atoms with Gasteiger partial charge in [-0.2, -0.15) is 0 Å². The van der Waals surface area contributed by atoms with Crippen molar-refractivity contribution in [2.75, 3.05) is 6.61 Å². The van der Waals surface area contributed by atoms with Gasteiger partial charge in [0.05, 0.1) is 6.10 Å². The Morgan fingerprint density at radius 1 is 1.38 bits per heavy atom. The van der Waals surface area contributed by atoms with Gasteiger partial charge in [0.15, 0.2) is 0 Å². The first-order valence-corrected chi connectivity index (χ1v) is 5.38. The molecule has 0 saturated heterocycles. The molecule has 2 heteroatoms. The minimum absolute atomic E-state index is 0.295. The van der Waals surface area contributed by atoms with Gasteiger partial charge < -0.3 is 4.74 Å². The molecule has 0 saturated carbocycles. The Hall–Kier alpha value is -0.340. The van der Waals surface area contributed by atoms with Crippen molar-refractivity contribution >= 4 is 15.9 Å². The van der Waals surface area contributed by atoms with Gasteiger partial charge in [-0.25, -0.2) is 0 Å². The molecule has 1 nitrogen and oxygen atoms in total. The maximum Gasteiger partial charge on any atom is 0.0587 e. The Kier molecular flexibility index (Phi) is 4.46. The average molecular weight is 243 g/mol. The average Bonchev–Trinajstić information content (AvgIpc) is 2.09. The summed E-state index contributed by atoms with van der Waals surface area (Å²) in [6, 6.07) is 8.27. The van der Waals surface area contributed by atoms with Crippen molar-refractivity contribution in [1.29, 1.82) is 0 Å². The molecule has 1 aromatic rings. The molecule has 0 aliphatic heterocycles. The molecule has 0 amide bonds. The van der Waals surface area contributed by atoms with Crippen LogP contribution in [0.1, 0.15) is 19.4 Å². The van der Waals surface area contributed by atoms with Gasteiger partial charge in [-0.1, -0.05) is 34.1 Å². The van der Waals surface area contributed by atoms with Crippen LogP contribution in [0, 0.1) is 0 Å². The Bertz CT molecular complexity index is 260. The summed E-state index contributed by atoms with van der Waals surface area (Å²) in [6.07, 6.45) is 1.26. The van der Waals surface area contributed by atoms with Crippen LogP contribution in [0.5, 0.6) is 0 Å². The zero-order valence-corrected chi connectivity index (χ0v) is 9.67. The van der Waals surface area contributed by atoms with E-state index in [1.165, 1.54) is 10.0 Å². The lowest BCUT2D eigenvalue weighted by atomic mass is 10.1. The second kappa shape index (κ2) is 5.40. The molecule has 0 aliphatic rings. The normalized spacial score (nSPS) is 12.8. The van der Waals surface area contributed by atoms with Crippen LogP contribution < -0.4 is 0 Å². The van der Waals surface area contributed by atoms with Gasteiger partial charge >= 0.3 is 0 Å². The second-order valence-electron chi connectivity index (χ2n) is 3.06. The highest BCUT2D eigenvalue weighted by atomic mass is 79.9. The fourth-order valence-corrected chi connectivity index (χ4v) is 1.76. The monoisotopic (exact) mass is 242 g/mol. The van der Waals surface area contributed by atoms with Crippen LogP contribution in [0.2, 0.25) is 0 Å². The van der Waals surface area contributed by atoms with Crippen LogP contribution in [0.4, 0.5) is 0 Å². The molecule has 0 aromatic heterocycles. The predicted molar refractivity (Wildman–Crippen MR) is 58.9 cm³/mol. The molecule has 0 radical (unpaired) electrons. The minimum atomic E-state index is 0.295. The number of halogens is 1. The highest BCUT2D eigenvalue weighted by Crippen LogP contribution is 2.18. The summed E-state index contributed by atoms with van der Waals surface area (Å²) in [6.45, 7) is 4.91. The van der Waals surface area contributed by atoms with E-state index in [1.54, 1.807) is 0 Å². The van der Waals surface area contributed by atoms with Gasteiger partial charge in [0, 0.05) is 11.1 Å². The fourth-order valence-electron chi connectivity index (χ4n) is 1.32. The lowest BCUT2D eigenvalue weighted by Gasteiger charge is -2.12. The maximum atomic E-state index is 5.48. The molecule has 0 bridgehead atoms. The summed E-state index contributed by atoms with van der Waals surface area (Å²) in [4.78, 5) is 0. The third kappa shape index (κ3) is 3.49. The Labute approximate surface area is 88.2 Å². The SMILES string of the molecule is CCOC(C)Cc1ccccc1Br. The smallest absolute Gasteiger partial charge is 0.0587 e. The van der Waals surface area contributed by atoms with Gasteiger partial charge in [-0.15, -0.1) is 0 Å². The predicted octanol–water partition coefficient (Wildman–Crippen LogP) is 3.42. The Balaban J connectivity index is 2.58. The summed E-state index contributed by atoms with van der Waals surface area (Å²) in [5.74, 6) is 0. The molecular weight excluding hydrogens is 228 g/mol. The topological polar surface area (TPSA) is 9.23 Å². The lowest BCUT2D eigenvalue weighted by molar-refractivity contribution is 0.0767. The molecule has 0 N–H and O–H groups in total. The van der Waals surface area contributed by atoms with E-state index >= 15 is 0 Å². The van der Waals surface area contributed by atoms with Gasteiger partial charge in [0.25, 0.3) is 0 Å². The fraction of sp³-hybridized carbons (Fsp3) is 0.455. The minimum Gasteiger partial charge on any atom is -0.378 e. The first kappa shape index (κ1) is 10.7. The molecule has 0 heterocycles. The van der Waals surface area contributed by atoms with Crippen LogP contribution in [0.25, 0.3) is 0 Å². The van der Waals surface area contributed by atoms with Crippen LogP contribution in [0.15, 0.2) is 28.7 Å². The molecule has 0 aliphatic carbocycles. The molecule has 0 spiro atoms. The van der Waals surface area contributed by atoms with E-state index in [0.717, 1.165) is 13.0 Å². The zero-order chi connectivity index (χ0) is 9.68. The summed E-state index contributed by atoms with van der Waals surface area (Å²) in [5, 5.41) is 0. The van der Waals surface area contributed by atoms with Gasteiger partial charge in [-0.05, 0) is 31.9 Å². The van der Waals surface area contributed by atoms with Gasteiger partial charge in [-0.3, -0.25) is 0 Å².